The van der Waals surface area contributed by atoms with Gasteiger partial charge in [-0.1, -0.05) is 26.5 Å². The Labute approximate surface area is 59.5 Å². The Kier molecular flexibility index (Phi) is 96.6. The van der Waals surface area contributed by atoms with Gasteiger partial charge in [-0.05, 0) is 13.1 Å². The molecule has 0 heterocycles. The number of rotatable bonds is 1. The lowest BCUT2D eigenvalue weighted by Crippen LogP contribution is -1.87. The molecule has 0 fully saturated rings. The van der Waals surface area contributed by atoms with Crippen molar-refractivity contribution >= 4 is 0 Å². The zero-order valence-corrected chi connectivity index (χ0v) is 7.07. The molecule has 0 aliphatic rings. The summed E-state index contributed by atoms with van der Waals surface area (Å²) in [6.45, 7) is 12.6. The van der Waals surface area contributed by atoms with E-state index in [9.17, 15) is 0 Å². The van der Waals surface area contributed by atoms with Gasteiger partial charge in [0.15, 0.2) is 0 Å². The molecule has 0 amide bonds. The monoisotopic (exact) mass is 129 g/mol. The Morgan fingerprint density at radius 1 is 1.22 bits per heavy atom. The second kappa shape index (κ2) is 55.2. The van der Waals surface area contributed by atoms with Crippen LogP contribution in [0.1, 0.15) is 20.8 Å². The van der Waals surface area contributed by atoms with Gasteiger partial charge in [-0.25, -0.2) is 0 Å². The molecule has 0 rings (SSSR count). The van der Waals surface area contributed by atoms with E-state index in [1.54, 1.807) is 12.3 Å². The van der Waals surface area contributed by atoms with Gasteiger partial charge in [-0.3, -0.25) is 0 Å². The van der Waals surface area contributed by atoms with E-state index in [0.29, 0.717) is 0 Å². The third-order valence-electron chi connectivity index (χ3n) is 0.204. The highest BCUT2D eigenvalue weighted by Crippen LogP contribution is 1.38. The first-order chi connectivity index (χ1) is 4.33. The van der Waals surface area contributed by atoms with Crippen LogP contribution in [0.5, 0.6) is 0 Å². The van der Waals surface area contributed by atoms with Crippen molar-refractivity contribution in [1.82, 2.24) is 5.32 Å². The molecule has 1 nitrogen and oxygen atoms in total. The van der Waals surface area contributed by atoms with E-state index < -0.39 is 0 Å². The second-order valence-corrected chi connectivity index (χ2v) is 0.901. The van der Waals surface area contributed by atoms with E-state index in [2.05, 4.69) is 18.5 Å². The molecule has 0 saturated carbocycles. The zero-order valence-electron chi connectivity index (χ0n) is 7.07. The fourth-order valence-electron chi connectivity index (χ4n) is 0. The summed E-state index contributed by atoms with van der Waals surface area (Å²) in [6.07, 6.45) is 3.38. The molecule has 0 aromatic rings. The van der Waals surface area contributed by atoms with E-state index in [4.69, 9.17) is 0 Å². The van der Waals surface area contributed by atoms with Gasteiger partial charge in [0.05, 0.1) is 0 Å². The molecule has 56 valence electrons. The van der Waals surface area contributed by atoms with Crippen molar-refractivity contribution in [3.63, 3.8) is 0 Å². The molecular weight excluding hydrogens is 110 g/mol. The third-order valence-corrected chi connectivity index (χ3v) is 0.204. The van der Waals surface area contributed by atoms with Crippen molar-refractivity contribution in [3.8, 4) is 0 Å². The Bertz CT molecular complexity index is 39.8. The van der Waals surface area contributed by atoms with Crippen LogP contribution < -0.4 is 5.32 Å². The SMILES string of the molecule is C=CC.C=CNC.CC. The molecule has 0 aliphatic carbocycles. The van der Waals surface area contributed by atoms with Crippen LogP contribution >= 0.6 is 0 Å². The van der Waals surface area contributed by atoms with Gasteiger partial charge in [0.1, 0.15) is 0 Å². The summed E-state index contributed by atoms with van der Waals surface area (Å²) in [4.78, 5) is 0. The van der Waals surface area contributed by atoms with Crippen LogP contribution in [-0.2, 0) is 0 Å². The van der Waals surface area contributed by atoms with E-state index >= 15 is 0 Å². The van der Waals surface area contributed by atoms with E-state index in [1.165, 1.54) is 0 Å². The number of hydrogen-bond acceptors (Lipinski definition) is 1. The summed E-state index contributed by atoms with van der Waals surface area (Å²) < 4.78 is 0. The first-order valence-electron chi connectivity index (χ1n) is 3.18. The molecule has 0 saturated heterocycles. The molecule has 0 unspecified atom stereocenters. The highest BCUT2D eigenvalue weighted by atomic mass is 14.8. The average molecular weight is 129 g/mol. The molecule has 0 atom stereocenters. The lowest BCUT2D eigenvalue weighted by Gasteiger charge is -1.70. The molecule has 0 aliphatic heterocycles. The molecular formula is C8H19N. The summed E-state index contributed by atoms with van der Waals surface area (Å²) in [5, 5.41) is 2.69. The predicted octanol–water partition coefficient (Wildman–Crippen LogP) is 2.57. The van der Waals surface area contributed by atoms with Gasteiger partial charge < -0.3 is 5.32 Å². The van der Waals surface area contributed by atoms with Crippen LogP contribution in [0.4, 0.5) is 0 Å². The van der Waals surface area contributed by atoms with Gasteiger partial charge >= 0.3 is 0 Å². The summed E-state index contributed by atoms with van der Waals surface area (Å²) in [5.74, 6) is 0. The van der Waals surface area contributed by atoms with Crippen molar-refractivity contribution in [3.05, 3.63) is 25.4 Å². The summed E-state index contributed by atoms with van der Waals surface area (Å²) in [6, 6.07) is 0. The largest absolute Gasteiger partial charge is 0.394 e. The van der Waals surface area contributed by atoms with E-state index in [1.807, 2.05) is 27.8 Å². The lowest BCUT2D eigenvalue weighted by molar-refractivity contribution is 1.11. The maximum Gasteiger partial charge on any atom is 0.00275 e. The van der Waals surface area contributed by atoms with Crippen molar-refractivity contribution < 1.29 is 0 Å². The fourth-order valence-corrected chi connectivity index (χ4v) is 0. The van der Waals surface area contributed by atoms with Crippen LogP contribution in [0.3, 0.4) is 0 Å². The van der Waals surface area contributed by atoms with Gasteiger partial charge in [0.25, 0.3) is 0 Å². The highest BCUT2D eigenvalue weighted by Gasteiger charge is 1.35. The number of allylic oxidation sites excluding steroid dienone is 1. The van der Waals surface area contributed by atoms with Crippen molar-refractivity contribution in [2.24, 2.45) is 0 Å². The van der Waals surface area contributed by atoms with Crippen LogP contribution in [0, 0.1) is 0 Å². The molecule has 0 aromatic heterocycles. The van der Waals surface area contributed by atoms with Gasteiger partial charge in [-0.15, -0.1) is 6.58 Å². The van der Waals surface area contributed by atoms with Gasteiger partial charge in [0.2, 0.25) is 0 Å². The summed E-state index contributed by atoms with van der Waals surface area (Å²) in [7, 11) is 1.81. The Morgan fingerprint density at radius 3 is 1.33 bits per heavy atom. The molecule has 0 radical (unpaired) electrons. The first-order valence-corrected chi connectivity index (χ1v) is 3.18. The standard InChI is InChI=1S/C3H7N.C3H6.C2H6/c1-3-4-2;1-3-2;1-2/h3-4H,1H2,2H3;3H,1H2,2H3;1-2H3. The Hall–Kier alpha value is -0.720. The molecule has 1 heteroatoms. The topological polar surface area (TPSA) is 12.0 Å². The lowest BCUT2D eigenvalue weighted by atomic mass is 10.8. The Balaban J connectivity index is -0.0000000646. The minimum atomic E-state index is 1.62. The highest BCUT2D eigenvalue weighted by molar-refractivity contribution is 4.55. The molecule has 9 heavy (non-hydrogen) atoms. The normalized spacial score (nSPS) is 4.44. The Morgan fingerprint density at radius 2 is 1.33 bits per heavy atom. The van der Waals surface area contributed by atoms with Crippen molar-refractivity contribution in [1.29, 1.82) is 0 Å². The molecule has 1 N–H and O–H groups in total. The second-order valence-electron chi connectivity index (χ2n) is 0.901. The van der Waals surface area contributed by atoms with E-state index in [-0.39, 0.29) is 0 Å². The van der Waals surface area contributed by atoms with E-state index in [0.717, 1.165) is 0 Å². The van der Waals surface area contributed by atoms with Crippen molar-refractivity contribution in [2.45, 2.75) is 20.8 Å². The predicted molar refractivity (Wildman–Crippen MR) is 46.5 cm³/mol. The molecule has 0 bridgehead atoms. The maximum atomic E-state index is 3.37. The fraction of sp³-hybridized carbons (Fsp3) is 0.500. The first kappa shape index (κ1) is 15.7. The summed E-state index contributed by atoms with van der Waals surface area (Å²) >= 11 is 0. The van der Waals surface area contributed by atoms with Gasteiger partial charge in [0, 0.05) is 7.05 Å². The van der Waals surface area contributed by atoms with Crippen LogP contribution in [0.15, 0.2) is 25.4 Å². The number of nitrogens with one attached hydrogen (secondary N) is 1. The quantitative estimate of drug-likeness (QED) is 0.536. The molecule has 0 aromatic carbocycles. The number of hydrogen-bond donors (Lipinski definition) is 1. The minimum absolute atomic E-state index is 1.62. The average Bonchev–Trinajstić information content (AvgIpc) is 1.94. The van der Waals surface area contributed by atoms with Crippen LogP contribution in [0.2, 0.25) is 0 Å². The van der Waals surface area contributed by atoms with Crippen LogP contribution in [0.25, 0.3) is 0 Å². The third kappa shape index (κ3) is 2590. The maximum absolute atomic E-state index is 3.37. The zero-order chi connectivity index (χ0) is 8.12. The van der Waals surface area contributed by atoms with Gasteiger partial charge in [-0.2, -0.15) is 0 Å². The molecule has 0 spiro atoms. The van der Waals surface area contributed by atoms with Crippen LogP contribution in [-0.4, -0.2) is 7.05 Å². The summed E-state index contributed by atoms with van der Waals surface area (Å²) in [5.41, 5.74) is 0. The smallest absolute Gasteiger partial charge is 0.00275 e. The minimum Gasteiger partial charge on any atom is -0.394 e. The van der Waals surface area contributed by atoms with Crippen molar-refractivity contribution in [2.75, 3.05) is 7.05 Å².